The van der Waals surface area contributed by atoms with Crippen LogP contribution in [0.15, 0.2) is 83.8 Å². The van der Waals surface area contributed by atoms with Crippen LogP contribution in [0.1, 0.15) is 35.3 Å². The van der Waals surface area contributed by atoms with Crippen molar-refractivity contribution in [3.05, 3.63) is 101 Å². The van der Waals surface area contributed by atoms with Crippen molar-refractivity contribution < 1.29 is 4.79 Å². The van der Waals surface area contributed by atoms with Crippen molar-refractivity contribution in [2.75, 3.05) is 0 Å². The molecule has 3 aromatic rings. The van der Waals surface area contributed by atoms with E-state index in [1.165, 1.54) is 16.0 Å². The number of amides is 1. The van der Waals surface area contributed by atoms with Gasteiger partial charge in [0.1, 0.15) is 0 Å². The van der Waals surface area contributed by atoms with Crippen molar-refractivity contribution in [3.63, 3.8) is 0 Å². The lowest BCUT2D eigenvalue weighted by molar-refractivity contribution is 0.0913. The van der Waals surface area contributed by atoms with Crippen molar-refractivity contribution in [3.8, 4) is 0 Å². The molecule has 0 aromatic heterocycles. The summed E-state index contributed by atoms with van der Waals surface area (Å²) in [6, 6.07) is 25.9. The lowest BCUT2D eigenvalue weighted by Crippen LogP contribution is -2.45. The van der Waals surface area contributed by atoms with Crippen LogP contribution in [0.3, 0.4) is 0 Å². The van der Waals surface area contributed by atoms with Gasteiger partial charge in [0.25, 0.3) is 5.91 Å². The molecule has 0 aliphatic carbocycles. The number of rotatable bonds is 7. The molecule has 3 aromatic carbocycles. The molecule has 0 spiro atoms. The van der Waals surface area contributed by atoms with Crippen molar-refractivity contribution in [1.82, 2.24) is 5.32 Å². The fraction of sp³-hybridized carbons (Fsp3) is 0.208. The zero-order chi connectivity index (χ0) is 20.0. The molecular weight excluding hydrogens is 386 g/mol. The molecule has 0 heterocycles. The van der Waals surface area contributed by atoms with Crippen LogP contribution in [0.2, 0.25) is 5.02 Å². The third-order valence-corrected chi connectivity index (χ3v) is 5.71. The molecule has 1 N–H and O–H groups in total. The summed E-state index contributed by atoms with van der Waals surface area (Å²) in [4.78, 5) is 13.8. The van der Waals surface area contributed by atoms with Gasteiger partial charge in [-0.2, -0.15) is 0 Å². The number of carbonyl (C=O) groups excluding carboxylic acids is 1. The lowest BCUT2D eigenvalue weighted by atomic mass is 9.94. The van der Waals surface area contributed by atoms with E-state index in [0.717, 1.165) is 17.2 Å². The molecule has 0 fully saturated rings. The minimum atomic E-state index is -0.318. The Morgan fingerprint density at radius 3 is 2.18 bits per heavy atom. The van der Waals surface area contributed by atoms with Crippen LogP contribution in [0, 0.1) is 0 Å². The van der Waals surface area contributed by atoms with Gasteiger partial charge in [0, 0.05) is 26.8 Å². The van der Waals surface area contributed by atoms with Crippen molar-refractivity contribution in [2.45, 2.75) is 36.5 Å². The topological polar surface area (TPSA) is 29.1 Å². The monoisotopic (exact) mass is 409 g/mol. The number of nitrogens with one attached hydrogen (secondary N) is 1. The average Bonchev–Trinajstić information content (AvgIpc) is 2.68. The molecule has 0 atom stereocenters. The summed E-state index contributed by atoms with van der Waals surface area (Å²) >= 11 is 7.67. The van der Waals surface area contributed by atoms with Crippen LogP contribution < -0.4 is 5.32 Å². The zero-order valence-corrected chi connectivity index (χ0v) is 17.7. The van der Waals surface area contributed by atoms with Crippen LogP contribution in [0.4, 0.5) is 0 Å². The van der Waals surface area contributed by atoms with E-state index in [9.17, 15) is 4.79 Å². The summed E-state index contributed by atoms with van der Waals surface area (Å²) < 4.78 is 0. The maximum Gasteiger partial charge on any atom is 0.251 e. The maximum absolute atomic E-state index is 12.6. The first kappa shape index (κ1) is 20.5. The number of benzene rings is 3. The first-order chi connectivity index (χ1) is 13.4. The van der Waals surface area contributed by atoms with Crippen LogP contribution >= 0.6 is 23.4 Å². The van der Waals surface area contributed by atoms with E-state index in [-0.39, 0.29) is 11.4 Å². The molecule has 28 heavy (non-hydrogen) atoms. The Morgan fingerprint density at radius 2 is 1.54 bits per heavy atom. The second kappa shape index (κ2) is 9.31. The van der Waals surface area contributed by atoms with Crippen molar-refractivity contribution in [2.24, 2.45) is 0 Å². The summed E-state index contributed by atoms with van der Waals surface area (Å²) in [5, 5.41) is 3.89. The number of hydrogen-bond acceptors (Lipinski definition) is 2. The van der Waals surface area contributed by atoms with E-state index in [1.807, 2.05) is 66.7 Å². The summed E-state index contributed by atoms with van der Waals surface area (Å²) in [6.45, 7) is 4.10. The Bertz CT molecular complexity index is 906. The van der Waals surface area contributed by atoms with Crippen LogP contribution in [-0.4, -0.2) is 11.4 Å². The Hall–Kier alpha value is -2.23. The molecule has 2 nitrogen and oxygen atoms in total. The molecule has 0 aliphatic heterocycles. The van der Waals surface area contributed by atoms with Crippen molar-refractivity contribution in [1.29, 1.82) is 0 Å². The molecule has 4 heteroatoms. The van der Waals surface area contributed by atoms with Gasteiger partial charge in [-0.15, -0.1) is 11.8 Å². The highest BCUT2D eigenvalue weighted by Gasteiger charge is 2.21. The number of thioether (sulfide) groups is 1. The van der Waals surface area contributed by atoms with E-state index in [2.05, 4.69) is 31.3 Å². The fourth-order valence-corrected chi connectivity index (χ4v) is 3.96. The fourth-order valence-electron chi connectivity index (χ4n) is 2.98. The zero-order valence-electron chi connectivity index (χ0n) is 16.1. The summed E-state index contributed by atoms with van der Waals surface area (Å²) in [5.41, 5.74) is 2.76. The standard InChI is InChI=1S/C24H24ClNOS/c1-24(2,16-18-6-4-3-5-7-18)26-23(27)20-10-8-19(9-11-20)17-28-22-14-12-21(25)13-15-22/h3-15H,16-17H2,1-2H3,(H,26,27). The molecular formula is C24H24ClNOS. The summed E-state index contributed by atoms with van der Waals surface area (Å²) in [6.07, 6.45) is 0.787. The summed E-state index contributed by atoms with van der Waals surface area (Å²) in [5.74, 6) is 0.807. The largest absolute Gasteiger partial charge is 0.347 e. The molecule has 144 valence electrons. The Morgan fingerprint density at radius 1 is 0.893 bits per heavy atom. The predicted molar refractivity (Wildman–Crippen MR) is 119 cm³/mol. The van der Waals surface area contributed by atoms with Gasteiger partial charge in [0.2, 0.25) is 0 Å². The number of halogens is 1. The third-order valence-electron chi connectivity index (χ3n) is 4.38. The van der Waals surface area contributed by atoms with Crippen molar-refractivity contribution >= 4 is 29.3 Å². The van der Waals surface area contributed by atoms with E-state index >= 15 is 0 Å². The molecule has 1 amide bonds. The Labute approximate surface area is 176 Å². The van der Waals surface area contributed by atoms with Gasteiger partial charge in [-0.25, -0.2) is 0 Å². The Kier molecular flexibility index (Phi) is 6.82. The van der Waals surface area contributed by atoms with Gasteiger partial charge in [-0.3, -0.25) is 4.79 Å². The molecule has 0 saturated heterocycles. The Balaban J connectivity index is 1.56. The first-order valence-electron chi connectivity index (χ1n) is 9.25. The van der Waals surface area contributed by atoms with Gasteiger partial charge < -0.3 is 5.32 Å². The quantitative estimate of drug-likeness (QED) is 0.458. The molecule has 0 saturated carbocycles. The van der Waals surface area contributed by atoms with Gasteiger partial charge in [-0.1, -0.05) is 54.1 Å². The second-order valence-electron chi connectivity index (χ2n) is 7.44. The van der Waals surface area contributed by atoms with Crippen LogP contribution in [0.25, 0.3) is 0 Å². The predicted octanol–water partition coefficient (Wildman–Crippen LogP) is 6.38. The SMILES string of the molecule is CC(C)(Cc1ccccc1)NC(=O)c1ccc(CSc2ccc(Cl)cc2)cc1. The normalized spacial score (nSPS) is 11.2. The molecule has 0 radical (unpaired) electrons. The minimum Gasteiger partial charge on any atom is -0.347 e. The molecule has 0 bridgehead atoms. The molecule has 0 unspecified atom stereocenters. The van der Waals surface area contributed by atoms with E-state index in [1.54, 1.807) is 11.8 Å². The number of hydrogen-bond donors (Lipinski definition) is 1. The van der Waals surface area contributed by atoms with Gasteiger partial charge >= 0.3 is 0 Å². The van der Waals surface area contributed by atoms with Gasteiger partial charge in [0.05, 0.1) is 0 Å². The molecule has 3 rings (SSSR count). The maximum atomic E-state index is 12.6. The first-order valence-corrected chi connectivity index (χ1v) is 10.6. The average molecular weight is 410 g/mol. The minimum absolute atomic E-state index is 0.0437. The van der Waals surface area contributed by atoms with Gasteiger partial charge in [-0.05, 0) is 67.8 Å². The van der Waals surface area contributed by atoms with Gasteiger partial charge in [0.15, 0.2) is 0 Å². The third kappa shape index (κ3) is 6.15. The highest BCUT2D eigenvalue weighted by Crippen LogP contribution is 2.24. The highest BCUT2D eigenvalue weighted by molar-refractivity contribution is 7.98. The highest BCUT2D eigenvalue weighted by atomic mass is 35.5. The van der Waals surface area contributed by atoms with Crippen LogP contribution in [-0.2, 0) is 12.2 Å². The van der Waals surface area contributed by atoms with E-state index < -0.39 is 0 Å². The van der Waals surface area contributed by atoms with E-state index in [4.69, 9.17) is 11.6 Å². The number of carbonyl (C=O) groups is 1. The molecule has 0 aliphatic rings. The lowest BCUT2D eigenvalue weighted by Gasteiger charge is -2.26. The van der Waals surface area contributed by atoms with E-state index in [0.29, 0.717) is 5.56 Å². The smallest absolute Gasteiger partial charge is 0.251 e. The van der Waals surface area contributed by atoms with Crippen LogP contribution in [0.5, 0.6) is 0 Å². The second-order valence-corrected chi connectivity index (χ2v) is 8.93. The summed E-state index contributed by atoms with van der Waals surface area (Å²) in [7, 11) is 0.